The van der Waals surface area contributed by atoms with Crippen LogP contribution in [-0.2, 0) is 4.74 Å². The zero-order chi connectivity index (χ0) is 18.8. The predicted molar refractivity (Wildman–Crippen MR) is 125 cm³/mol. The maximum absolute atomic E-state index is 5.92. The van der Waals surface area contributed by atoms with Crippen LogP contribution in [0, 0.1) is 11.8 Å². The molecule has 2 fully saturated rings. The number of ether oxygens (including phenoxy) is 1. The van der Waals surface area contributed by atoms with Crippen molar-refractivity contribution in [3.63, 3.8) is 0 Å². The Morgan fingerprint density at radius 3 is 2.70 bits per heavy atom. The quantitative estimate of drug-likeness (QED) is 0.308. The summed E-state index contributed by atoms with van der Waals surface area (Å²) in [6.07, 6.45) is 2.92. The van der Waals surface area contributed by atoms with E-state index in [-0.39, 0.29) is 30.1 Å². The van der Waals surface area contributed by atoms with E-state index in [2.05, 4.69) is 48.1 Å². The van der Waals surface area contributed by atoms with Crippen molar-refractivity contribution in [3.05, 3.63) is 0 Å². The average molecular weight is 495 g/mol. The van der Waals surface area contributed by atoms with Crippen molar-refractivity contribution in [2.45, 2.75) is 46.6 Å². The molecular weight excluding hydrogens is 453 g/mol. The largest absolute Gasteiger partial charge is 0.374 e. The molecule has 0 saturated carbocycles. The van der Waals surface area contributed by atoms with Crippen molar-refractivity contribution in [2.75, 3.05) is 65.5 Å². The van der Waals surface area contributed by atoms with E-state index in [1.165, 1.54) is 25.9 Å². The van der Waals surface area contributed by atoms with Crippen LogP contribution in [0.5, 0.6) is 0 Å². The Morgan fingerprint density at radius 2 is 2.00 bits per heavy atom. The molecule has 0 aromatic heterocycles. The maximum Gasteiger partial charge on any atom is 0.191 e. The average Bonchev–Trinajstić information content (AvgIpc) is 2.59. The summed E-state index contributed by atoms with van der Waals surface area (Å²) in [7, 11) is 0. The second-order valence-electron chi connectivity index (χ2n) is 8.34. The van der Waals surface area contributed by atoms with Crippen LogP contribution in [0.2, 0.25) is 0 Å². The van der Waals surface area contributed by atoms with Gasteiger partial charge in [0, 0.05) is 45.8 Å². The number of likely N-dealkylation sites (tertiary alicyclic amines) is 1. The molecule has 2 aliphatic heterocycles. The molecular formula is C20H42IN5O. The lowest BCUT2D eigenvalue weighted by Crippen LogP contribution is -2.46. The fourth-order valence-electron chi connectivity index (χ4n) is 3.93. The first-order valence-corrected chi connectivity index (χ1v) is 10.6. The highest BCUT2D eigenvalue weighted by atomic mass is 127. The van der Waals surface area contributed by atoms with E-state index in [4.69, 9.17) is 9.73 Å². The first kappa shape index (κ1) is 24.9. The highest BCUT2D eigenvalue weighted by Gasteiger charge is 2.21. The van der Waals surface area contributed by atoms with Gasteiger partial charge in [0.2, 0.25) is 0 Å². The Bertz CT molecular complexity index is 421. The molecule has 7 heteroatoms. The van der Waals surface area contributed by atoms with Crippen molar-refractivity contribution < 1.29 is 4.74 Å². The molecule has 2 heterocycles. The van der Waals surface area contributed by atoms with Crippen molar-refractivity contribution in [3.8, 4) is 0 Å². The molecule has 0 bridgehead atoms. The zero-order valence-electron chi connectivity index (χ0n) is 17.9. The number of guanidine groups is 1. The summed E-state index contributed by atoms with van der Waals surface area (Å²) in [4.78, 5) is 9.85. The van der Waals surface area contributed by atoms with Crippen LogP contribution in [0.15, 0.2) is 4.99 Å². The summed E-state index contributed by atoms with van der Waals surface area (Å²) in [6, 6.07) is 0. The third-order valence-corrected chi connectivity index (χ3v) is 5.11. The van der Waals surface area contributed by atoms with Crippen LogP contribution in [0.1, 0.15) is 40.5 Å². The highest BCUT2D eigenvalue weighted by Crippen LogP contribution is 2.14. The lowest BCUT2D eigenvalue weighted by molar-refractivity contribution is -0.0261. The molecule has 0 amide bonds. The first-order valence-electron chi connectivity index (χ1n) is 10.6. The molecule has 27 heavy (non-hydrogen) atoms. The van der Waals surface area contributed by atoms with Gasteiger partial charge in [-0.05, 0) is 38.1 Å². The van der Waals surface area contributed by atoms with Gasteiger partial charge in [-0.1, -0.05) is 20.8 Å². The number of hydrogen-bond acceptors (Lipinski definition) is 4. The van der Waals surface area contributed by atoms with E-state index < -0.39 is 0 Å². The van der Waals surface area contributed by atoms with Crippen LogP contribution in [0.4, 0.5) is 0 Å². The van der Waals surface area contributed by atoms with E-state index >= 15 is 0 Å². The van der Waals surface area contributed by atoms with E-state index in [9.17, 15) is 0 Å². The number of morpholine rings is 1. The van der Waals surface area contributed by atoms with Gasteiger partial charge in [0.15, 0.2) is 5.96 Å². The second kappa shape index (κ2) is 14.0. The molecule has 0 radical (unpaired) electrons. The summed E-state index contributed by atoms with van der Waals surface area (Å²) in [5, 5.41) is 6.86. The number of piperidine rings is 1. The van der Waals surface area contributed by atoms with Gasteiger partial charge in [-0.25, -0.2) is 0 Å². The van der Waals surface area contributed by atoms with Gasteiger partial charge in [0.25, 0.3) is 0 Å². The number of nitrogens with one attached hydrogen (secondary N) is 2. The van der Waals surface area contributed by atoms with Crippen LogP contribution in [-0.4, -0.2) is 87.4 Å². The molecule has 2 saturated heterocycles. The monoisotopic (exact) mass is 495 g/mol. The third-order valence-electron chi connectivity index (χ3n) is 5.11. The Hall–Kier alpha value is -0.120. The zero-order valence-corrected chi connectivity index (χ0v) is 20.2. The van der Waals surface area contributed by atoms with Gasteiger partial charge >= 0.3 is 0 Å². The molecule has 2 aliphatic rings. The minimum atomic E-state index is 0. The Kier molecular flexibility index (Phi) is 12.9. The maximum atomic E-state index is 5.92. The van der Waals surface area contributed by atoms with Gasteiger partial charge in [-0.3, -0.25) is 9.89 Å². The molecule has 0 spiro atoms. The van der Waals surface area contributed by atoms with Crippen LogP contribution in [0.3, 0.4) is 0 Å². The van der Waals surface area contributed by atoms with Gasteiger partial charge < -0.3 is 20.3 Å². The molecule has 2 rings (SSSR count). The molecule has 0 aromatic carbocycles. The molecule has 0 aromatic rings. The minimum absolute atomic E-state index is 0. The van der Waals surface area contributed by atoms with Crippen LogP contribution >= 0.6 is 24.0 Å². The second-order valence-corrected chi connectivity index (χ2v) is 8.34. The Labute approximate surface area is 183 Å². The summed E-state index contributed by atoms with van der Waals surface area (Å²) >= 11 is 0. The summed E-state index contributed by atoms with van der Waals surface area (Å²) in [6.45, 7) is 19.2. The molecule has 2 atom stereocenters. The molecule has 160 valence electrons. The normalized spacial score (nSPS) is 25.3. The lowest BCUT2D eigenvalue weighted by atomic mass is 10.0. The topological polar surface area (TPSA) is 52.1 Å². The Morgan fingerprint density at radius 1 is 1.19 bits per heavy atom. The number of hydrogen-bond donors (Lipinski definition) is 2. The summed E-state index contributed by atoms with van der Waals surface area (Å²) < 4.78 is 5.92. The van der Waals surface area contributed by atoms with Gasteiger partial charge in [0.05, 0.1) is 19.3 Å². The number of halogens is 1. The highest BCUT2D eigenvalue weighted by molar-refractivity contribution is 14.0. The van der Waals surface area contributed by atoms with E-state index in [0.29, 0.717) is 5.92 Å². The molecule has 0 aliphatic carbocycles. The van der Waals surface area contributed by atoms with E-state index in [1.54, 1.807) is 0 Å². The first-order chi connectivity index (χ1) is 12.6. The standard InChI is InChI=1S/C20H41N5O.HI/c1-5-21-20(22-8-10-24-9-6-7-18(4)15-24)23-13-19-16-25(11-12-26-19)14-17(2)3;/h17-19H,5-16H2,1-4H3,(H2,21,22,23);1H. The van der Waals surface area contributed by atoms with Gasteiger partial charge in [-0.15, -0.1) is 24.0 Å². The summed E-state index contributed by atoms with van der Waals surface area (Å²) in [5.41, 5.74) is 0. The molecule has 2 unspecified atom stereocenters. The predicted octanol–water partition coefficient (Wildman–Crippen LogP) is 2.25. The lowest BCUT2D eigenvalue weighted by Gasteiger charge is -2.33. The SMILES string of the molecule is CCNC(=NCC1CN(CC(C)C)CCO1)NCCN1CCCC(C)C1.I. The summed E-state index contributed by atoms with van der Waals surface area (Å²) in [5.74, 6) is 2.46. The number of rotatable bonds is 8. The van der Waals surface area contributed by atoms with Crippen molar-refractivity contribution >= 4 is 29.9 Å². The van der Waals surface area contributed by atoms with Crippen molar-refractivity contribution in [2.24, 2.45) is 16.8 Å². The van der Waals surface area contributed by atoms with Crippen molar-refractivity contribution in [1.29, 1.82) is 0 Å². The van der Waals surface area contributed by atoms with Crippen LogP contribution in [0.25, 0.3) is 0 Å². The molecule has 6 nitrogen and oxygen atoms in total. The van der Waals surface area contributed by atoms with Gasteiger partial charge in [0.1, 0.15) is 0 Å². The minimum Gasteiger partial charge on any atom is -0.374 e. The van der Waals surface area contributed by atoms with Crippen molar-refractivity contribution in [1.82, 2.24) is 20.4 Å². The van der Waals surface area contributed by atoms with E-state index in [1.807, 2.05) is 0 Å². The van der Waals surface area contributed by atoms with Crippen LogP contribution < -0.4 is 10.6 Å². The fraction of sp³-hybridized carbons (Fsp3) is 0.950. The third kappa shape index (κ3) is 10.3. The Balaban J connectivity index is 0.00000364. The van der Waals surface area contributed by atoms with Gasteiger partial charge in [-0.2, -0.15) is 0 Å². The van der Waals surface area contributed by atoms with E-state index in [0.717, 1.165) is 64.3 Å². The molecule has 2 N–H and O–H groups in total. The number of aliphatic imine (C=N–C) groups is 1. The fourth-order valence-corrected chi connectivity index (χ4v) is 3.93. The smallest absolute Gasteiger partial charge is 0.191 e. The number of nitrogens with zero attached hydrogens (tertiary/aromatic N) is 3.